The van der Waals surface area contributed by atoms with E-state index in [-0.39, 0.29) is 30.2 Å². The molecule has 0 saturated heterocycles. The van der Waals surface area contributed by atoms with Crippen molar-refractivity contribution in [2.24, 2.45) is 0 Å². The number of carbonyl (C=O) groups is 5. The van der Waals surface area contributed by atoms with E-state index in [1.807, 2.05) is 30.3 Å². The minimum absolute atomic E-state index is 0.00236. The maximum Gasteiger partial charge on any atom is 0.255 e. The highest BCUT2D eigenvalue weighted by Gasteiger charge is 2.29. The van der Waals surface area contributed by atoms with Crippen molar-refractivity contribution in [3.63, 3.8) is 0 Å². The molecule has 0 bridgehead atoms. The van der Waals surface area contributed by atoms with E-state index in [1.165, 1.54) is 13.0 Å². The summed E-state index contributed by atoms with van der Waals surface area (Å²) in [6.45, 7) is 1.14. The molecule has 4 atom stereocenters. The largest absolute Gasteiger partial charge is 0.491 e. The number of fused-ring (bicyclic) bond motifs is 1. The maximum absolute atomic E-state index is 13.7. The Morgan fingerprint density at radius 1 is 0.913 bits per heavy atom. The molecule has 12 nitrogen and oxygen atoms in total. The van der Waals surface area contributed by atoms with Crippen LogP contribution < -0.4 is 31.3 Å². The van der Waals surface area contributed by atoms with Gasteiger partial charge in [0.05, 0.1) is 18.2 Å². The highest BCUT2D eigenvalue weighted by molar-refractivity contribution is 6.00. The Morgan fingerprint density at radius 3 is 2.37 bits per heavy atom. The molecule has 0 unspecified atom stereocenters. The molecule has 5 amide bonds. The summed E-state index contributed by atoms with van der Waals surface area (Å²) in [5.41, 5.74) is 1.08. The van der Waals surface area contributed by atoms with E-state index in [1.54, 1.807) is 18.2 Å². The molecule has 2 aromatic carbocycles. The van der Waals surface area contributed by atoms with Gasteiger partial charge in [0.2, 0.25) is 23.6 Å². The van der Waals surface area contributed by atoms with E-state index in [9.17, 15) is 29.1 Å². The van der Waals surface area contributed by atoms with Crippen molar-refractivity contribution < 1.29 is 33.8 Å². The van der Waals surface area contributed by atoms with Crippen LogP contribution in [-0.4, -0.2) is 78.6 Å². The van der Waals surface area contributed by atoms with Crippen molar-refractivity contribution in [1.29, 1.82) is 0 Å². The Labute approximate surface area is 269 Å². The number of carbonyl (C=O) groups excluding carboxylic acids is 5. The van der Waals surface area contributed by atoms with Gasteiger partial charge in [-0.2, -0.15) is 0 Å². The fraction of sp³-hybridized carbons (Fsp3) is 0.441. The summed E-state index contributed by atoms with van der Waals surface area (Å²) in [5, 5.41) is 23.4. The molecule has 0 fully saturated rings. The molecule has 0 aromatic heterocycles. The second-order valence-corrected chi connectivity index (χ2v) is 11.1. The van der Waals surface area contributed by atoms with Gasteiger partial charge in [0.25, 0.3) is 5.91 Å². The van der Waals surface area contributed by atoms with E-state index in [4.69, 9.17) is 11.2 Å². The number of rotatable bonds is 11. The lowest BCUT2D eigenvalue weighted by molar-refractivity contribution is -0.132. The van der Waals surface area contributed by atoms with Crippen molar-refractivity contribution in [2.75, 3.05) is 19.8 Å². The van der Waals surface area contributed by atoms with Gasteiger partial charge in [-0.05, 0) is 56.7 Å². The normalized spacial score (nSPS) is 20.9. The fourth-order valence-corrected chi connectivity index (χ4v) is 4.84. The van der Waals surface area contributed by atoms with E-state index >= 15 is 0 Å². The predicted octanol–water partition coefficient (Wildman–Crippen LogP) is 0.977. The second kappa shape index (κ2) is 18.8. The number of ether oxygens (including phenoxy) is 1. The molecule has 1 aliphatic heterocycles. The third kappa shape index (κ3) is 11.6. The number of aliphatic hydroxyl groups is 1. The Balaban J connectivity index is 1.82. The molecule has 3 rings (SSSR count). The van der Waals surface area contributed by atoms with Crippen LogP contribution in [0.3, 0.4) is 0 Å². The molecular formula is C34H43N5O7. The number of aliphatic hydroxyl groups excluding tert-OH is 1. The van der Waals surface area contributed by atoms with Crippen LogP contribution in [-0.2, 0) is 25.6 Å². The Morgan fingerprint density at radius 2 is 1.63 bits per heavy atom. The van der Waals surface area contributed by atoms with Gasteiger partial charge in [0.1, 0.15) is 30.5 Å². The van der Waals surface area contributed by atoms with Crippen molar-refractivity contribution in [3.05, 3.63) is 65.7 Å². The summed E-state index contributed by atoms with van der Waals surface area (Å²) < 4.78 is 6.05. The number of para-hydroxylation sites is 1. The third-order valence-corrected chi connectivity index (χ3v) is 7.40. The van der Waals surface area contributed by atoms with Gasteiger partial charge in [0, 0.05) is 19.4 Å². The number of nitrogens with one attached hydrogen (secondary N) is 5. The number of unbranched alkanes of at least 4 members (excludes halogenated alkanes) is 2. The summed E-state index contributed by atoms with van der Waals surface area (Å²) in [6.07, 6.45) is 8.46. The van der Waals surface area contributed by atoms with Crippen molar-refractivity contribution in [2.45, 2.75) is 76.0 Å². The van der Waals surface area contributed by atoms with Crippen LogP contribution in [0.2, 0.25) is 0 Å². The Kier molecular flexibility index (Phi) is 14.6. The first-order valence-corrected chi connectivity index (χ1v) is 15.5. The van der Waals surface area contributed by atoms with Crippen LogP contribution in [0.1, 0.15) is 61.4 Å². The fourth-order valence-electron chi connectivity index (χ4n) is 4.84. The first-order valence-electron chi connectivity index (χ1n) is 15.5. The van der Waals surface area contributed by atoms with Crippen LogP contribution >= 0.6 is 0 Å². The molecule has 246 valence electrons. The summed E-state index contributed by atoms with van der Waals surface area (Å²) >= 11 is 0. The summed E-state index contributed by atoms with van der Waals surface area (Å²) in [7, 11) is 0. The van der Waals surface area contributed by atoms with E-state index in [0.717, 1.165) is 5.56 Å². The smallest absolute Gasteiger partial charge is 0.255 e. The topological polar surface area (TPSA) is 175 Å². The molecule has 1 aliphatic rings. The lowest BCUT2D eigenvalue weighted by Crippen LogP contribution is -2.57. The summed E-state index contributed by atoms with van der Waals surface area (Å²) in [5.74, 6) is 0.151. The van der Waals surface area contributed by atoms with Gasteiger partial charge in [0.15, 0.2) is 0 Å². The standard InChI is InChI=1S/C34H43N5O7/c1-3-4-6-18-30(41)35-19-12-11-16-27-33(44)37-25(20-24-13-7-5-8-14-24)22-46-29-17-10-9-15-26(29)32(43)39-28(21-40)34(45)36-23(2)31(42)38-27/h1,5,7-10,13-15,17,23,25,27-28,40H,4,6,11-12,16,18-22H2,2H3,(H,35,41)(H,36,45)(H,37,44)(H,38,42)(H,39,43)/t23-,25-,27-,28-/m0/s1. The van der Waals surface area contributed by atoms with Crippen LogP contribution in [0.5, 0.6) is 5.75 Å². The van der Waals surface area contributed by atoms with Gasteiger partial charge >= 0.3 is 0 Å². The monoisotopic (exact) mass is 633 g/mol. The van der Waals surface area contributed by atoms with Gasteiger partial charge in [-0.1, -0.05) is 42.5 Å². The van der Waals surface area contributed by atoms with Gasteiger partial charge < -0.3 is 36.4 Å². The third-order valence-electron chi connectivity index (χ3n) is 7.40. The number of terminal acetylenes is 1. The quantitative estimate of drug-likeness (QED) is 0.158. The van der Waals surface area contributed by atoms with E-state index in [2.05, 4.69) is 32.5 Å². The van der Waals surface area contributed by atoms with E-state index in [0.29, 0.717) is 45.1 Å². The highest BCUT2D eigenvalue weighted by Crippen LogP contribution is 2.19. The van der Waals surface area contributed by atoms with Gasteiger partial charge in [-0.3, -0.25) is 24.0 Å². The SMILES string of the molecule is C#CCCCC(=O)NCCCC[C@@H]1NC(=O)[C@H](C)NC(=O)[C@H](CO)NC(=O)c2ccccc2OC[C@H](Cc2ccccc2)NC1=O. The maximum atomic E-state index is 13.7. The zero-order chi connectivity index (χ0) is 33.3. The second-order valence-electron chi connectivity index (χ2n) is 11.1. The van der Waals surface area contributed by atoms with Crippen molar-refractivity contribution >= 4 is 29.5 Å². The summed E-state index contributed by atoms with van der Waals surface area (Å²) in [4.78, 5) is 64.8. The Bertz CT molecular complexity index is 1380. The molecule has 1 heterocycles. The zero-order valence-corrected chi connectivity index (χ0v) is 26.1. The van der Waals surface area contributed by atoms with Crippen molar-refractivity contribution in [3.8, 4) is 18.1 Å². The number of hydrogen-bond donors (Lipinski definition) is 6. The summed E-state index contributed by atoms with van der Waals surface area (Å²) in [6, 6.07) is 12.0. The molecule has 46 heavy (non-hydrogen) atoms. The first kappa shape index (κ1) is 35.6. The molecule has 0 aliphatic carbocycles. The molecule has 12 heteroatoms. The Hall–Kier alpha value is -4.89. The molecule has 6 N–H and O–H groups in total. The molecular weight excluding hydrogens is 590 g/mol. The van der Waals surface area contributed by atoms with Crippen LogP contribution in [0.25, 0.3) is 0 Å². The average molecular weight is 634 g/mol. The molecule has 0 saturated carbocycles. The van der Waals surface area contributed by atoms with Crippen LogP contribution in [0.4, 0.5) is 0 Å². The molecule has 0 spiro atoms. The van der Waals surface area contributed by atoms with Gasteiger partial charge in [-0.15, -0.1) is 12.3 Å². The molecule has 0 radical (unpaired) electrons. The first-order chi connectivity index (χ1) is 22.2. The zero-order valence-electron chi connectivity index (χ0n) is 26.1. The minimum atomic E-state index is -1.34. The lowest BCUT2D eigenvalue weighted by atomic mass is 10.0. The number of amides is 5. The average Bonchev–Trinajstić information content (AvgIpc) is 3.05. The van der Waals surface area contributed by atoms with Crippen molar-refractivity contribution in [1.82, 2.24) is 26.6 Å². The van der Waals surface area contributed by atoms with Gasteiger partial charge in [-0.25, -0.2) is 0 Å². The lowest BCUT2D eigenvalue weighted by Gasteiger charge is -2.26. The van der Waals surface area contributed by atoms with E-state index < -0.39 is 54.4 Å². The highest BCUT2D eigenvalue weighted by atomic mass is 16.5. The number of benzene rings is 2. The molecule has 2 aromatic rings. The van der Waals surface area contributed by atoms with Crippen LogP contribution in [0.15, 0.2) is 54.6 Å². The number of hydrogen-bond acceptors (Lipinski definition) is 7. The minimum Gasteiger partial charge on any atom is -0.491 e. The van der Waals surface area contributed by atoms with Crippen LogP contribution in [0, 0.1) is 12.3 Å². The predicted molar refractivity (Wildman–Crippen MR) is 171 cm³/mol.